The molecule has 0 aliphatic carbocycles. The summed E-state index contributed by atoms with van der Waals surface area (Å²) in [5.74, 6) is 0. The Hall–Kier alpha value is 0.280. The SMILES string of the molecule is O=C(Cl)/C(Cl)=C\Cl. The van der Waals surface area contributed by atoms with E-state index >= 15 is 0 Å². The molecule has 0 spiro atoms. The van der Waals surface area contributed by atoms with E-state index in [1.807, 2.05) is 0 Å². The highest BCUT2D eigenvalue weighted by Crippen LogP contribution is 2.05. The minimum absolute atomic E-state index is 0.164. The molecule has 1 nitrogen and oxygen atoms in total. The van der Waals surface area contributed by atoms with Crippen molar-refractivity contribution in [2.24, 2.45) is 0 Å². The van der Waals surface area contributed by atoms with Crippen LogP contribution in [0.4, 0.5) is 0 Å². The van der Waals surface area contributed by atoms with Crippen LogP contribution in [0.3, 0.4) is 0 Å². The molecule has 0 aromatic rings. The molecule has 0 atom stereocenters. The summed E-state index contributed by atoms with van der Waals surface area (Å²) in [6.07, 6.45) is 0. The van der Waals surface area contributed by atoms with E-state index in [4.69, 9.17) is 34.8 Å². The van der Waals surface area contributed by atoms with Gasteiger partial charge in [-0.05, 0) is 11.6 Å². The number of rotatable bonds is 1. The zero-order valence-electron chi connectivity index (χ0n) is 3.12. The monoisotopic (exact) mass is 158 g/mol. The van der Waals surface area contributed by atoms with E-state index in [1.165, 1.54) is 0 Å². The Morgan fingerprint density at radius 3 is 1.86 bits per heavy atom. The van der Waals surface area contributed by atoms with Crippen LogP contribution in [0, 0.1) is 0 Å². The van der Waals surface area contributed by atoms with Gasteiger partial charge in [0.2, 0.25) is 0 Å². The molecule has 0 aromatic carbocycles. The van der Waals surface area contributed by atoms with Crippen LogP contribution in [-0.2, 0) is 4.79 Å². The van der Waals surface area contributed by atoms with E-state index < -0.39 is 5.24 Å². The summed E-state index contributed by atoms with van der Waals surface area (Å²) in [6, 6.07) is 0. The van der Waals surface area contributed by atoms with Gasteiger partial charge in [-0.2, -0.15) is 0 Å². The van der Waals surface area contributed by atoms with Crippen LogP contribution in [0.25, 0.3) is 0 Å². The maximum atomic E-state index is 9.86. The normalized spacial score (nSPS) is 11.6. The Labute approximate surface area is 55.9 Å². The number of halogens is 3. The smallest absolute Gasteiger partial charge is 0.264 e. The van der Waals surface area contributed by atoms with Crippen molar-refractivity contribution in [2.75, 3.05) is 0 Å². The van der Waals surface area contributed by atoms with Crippen molar-refractivity contribution in [3.8, 4) is 0 Å². The lowest BCUT2D eigenvalue weighted by atomic mass is 10.7. The molecule has 0 amide bonds. The first-order chi connectivity index (χ1) is 3.18. The molecule has 0 heterocycles. The van der Waals surface area contributed by atoms with Crippen LogP contribution >= 0.6 is 34.8 Å². The average Bonchev–Trinajstić information content (AvgIpc) is 1.65. The molecule has 0 unspecified atom stereocenters. The van der Waals surface area contributed by atoms with Crippen molar-refractivity contribution in [3.63, 3.8) is 0 Å². The maximum Gasteiger partial charge on any atom is 0.264 e. The van der Waals surface area contributed by atoms with Gasteiger partial charge >= 0.3 is 0 Å². The molecule has 7 heavy (non-hydrogen) atoms. The molecule has 0 fully saturated rings. The maximum absolute atomic E-state index is 9.86. The molecule has 40 valence electrons. The number of carbonyl (C=O) groups is 1. The summed E-state index contributed by atoms with van der Waals surface area (Å²) in [5.41, 5.74) is 0.914. The lowest BCUT2D eigenvalue weighted by molar-refractivity contribution is -0.108. The Balaban J connectivity index is 3.82. The predicted octanol–water partition coefficient (Wildman–Crippen LogP) is 2.07. The van der Waals surface area contributed by atoms with Crippen molar-refractivity contribution in [2.45, 2.75) is 0 Å². The van der Waals surface area contributed by atoms with Gasteiger partial charge in [-0.1, -0.05) is 23.2 Å². The fraction of sp³-hybridized carbons (Fsp3) is 0. The Bertz CT molecular complexity index is 107. The highest BCUT2D eigenvalue weighted by Gasteiger charge is 1.97. The topological polar surface area (TPSA) is 17.1 Å². The van der Waals surface area contributed by atoms with E-state index in [1.54, 1.807) is 0 Å². The zero-order chi connectivity index (χ0) is 5.86. The van der Waals surface area contributed by atoms with E-state index in [0.717, 1.165) is 5.54 Å². The number of carbonyl (C=O) groups excluding carboxylic acids is 1. The van der Waals surface area contributed by atoms with Crippen LogP contribution in [0.15, 0.2) is 10.6 Å². The first kappa shape index (κ1) is 7.28. The summed E-state index contributed by atoms with van der Waals surface area (Å²) in [5, 5.41) is -0.903. The van der Waals surface area contributed by atoms with Crippen molar-refractivity contribution in [1.29, 1.82) is 0 Å². The molecule has 0 bridgehead atoms. The standard InChI is InChI=1S/C3HCl3O/c4-1-2(5)3(6)7/h1H/b2-1+. The first-order valence-electron chi connectivity index (χ1n) is 1.34. The molecule has 0 saturated heterocycles. The van der Waals surface area contributed by atoms with Crippen LogP contribution in [0.2, 0.25) is 0 Å². The minimum Gasteiger partial charge on any atom is -0.275 e. The Morgan fingerprint density at radius 2 is 1.86 bits per heavy atom. The minimum atomic E-state index is -0.739. The van der Waals surface area contributed by atoms with E-state index in [-0.39, 0.29) is 5.03 Å². The molecular weight excluding hydrogens is 158 g/mol. The second-order valence-electron chi connectivity index (χ2n) is 0.731. The van der Waals surface area contributed by atoms with Crippen molar-refractivity contribution in [3.05, 3.63) is 10.6 Å². The average molecular weight is 159 g/mol. The summed E-state index contributed by atoms with van der Waals surface area (Å²) < 4.78 is 0. The summed E-state index contributed by atoms with van der Waals surface area (Å²) in [4.78, 5) is 9.86. The quantitative estimate of drug-likeness (QED) is 0.423. The van der Waals surface area contributed by atoms with Gasteiger partial charge in [-0.25, -0.2) is 0 Å². The van der Waals surface area contributed by atoms with Gasteiger partial charge < -0.3 is 0 Å². The summed E-state index contributed by atoms with van der Waals surface area (Å²) >= 11 is 14.8. The molecular formula is C3HCl3O. The van der Waals surface area contributed by atoms with Gasteiger partial charge in [0.25, 0.3) is 5.24 Å². The third-order valence-electron chi connectivity index (χ3n) is 0.284. The highest BCUT2D eigenvalue weighted by molar-refractivity contribution is 6.74. The molecule has 0 aliphatic rings. The van der Waals surface area contributed by atoms with Crippen LogP contribution in [0.1, 0.15) is 0 Å². The number of allylic oxidation sites excluding steroid dienone is 1. The van der Waals surface area contributed by atoms with E-state index in [2.05, 4.69) is 0 Å². The lowest BCUT2D eigenvalue weighted by Crippen LogP contribution is -1.80. The third kappa shape index (κ3) is 2.92. The van der Waals surface area contributed by atoms with Gasteiger partial charge in [0.15, 0.2) is 0 Å². The molecule has 0 rings (SSSR count). The van der Waals surface area contributed by atoms with Crippen molar-refractivity contribution >= 4 is 40.0 Å². The first-order valence-corrected chi connectivity index (χ1v) is 2.53. The van der Waals surface area contributed by atoms with Gasteiger partial charge in [-0.3, -0.25) is 4.79 Å². The van der Waals surface area contributed by atoms with Crippen LogP contribution in [-0.4, -0.2) is 5.24 Å². The van der Waals surface area contributed by atoms with E-state index in [0.29, 0.717) is 0 Å². The fourth-order valence-electron chi connectivity index (χ4n) is 0.0429. The molecule has 0 N–H and O–H groups in total. The molecule has 0 radical (unpaired) electrons. The van der Waals surface area contributed by atoms with E-state index in [9.17, 15) is 4.79 Å². The summed E-state index contributed by atoms with van der Waals surface area (Å²) in [7, 11) is 0. The van der Waals surface area contributed by atoms with Crippen molar-refractivity contribution in [1.82, 2.24) is 0 Å². The predicted molar refractivity (Wildman–Crippen MR) is 30.6 cm³/mol. The highest BCUT2D eigenvalue weighted by atomic mass is 35.5. The van der Waals surface area contributed by atoms with Crippen molar-refractivity contribution < 1.29 is 4.79 Å². The van der Waals surface area contributed by atoms with Crippen LogP contribution in [0.5, 0.6) is 0 Å². The van der Waals surface area contributed by atoms with Gasteiger partial charge in [-0.15, -0.1) is 0 Å². The lowest BCUT2D eigenvalue weighted by Gasteiger charge is -1.77. The Kier molecular flexibility index (Phi) is 3.44. The molecule has 0 saturated carbocycles. The fourth-order valence-corrected chi connectivity index (χ4v) is 0.252. The van der Waals surface area contributed by atoms with Crippen LogP contribution < -0.4 is 0 Å². The van der Waals surface area contributed by atoms with Gasteiger partial charge in [0, 0.05) is 5.54 Å². The second-order valence-corrected chi connectivity index (χ2v) is 1.70. The molecule has 0 aromatic heterocycles. The summed E-state index contributed by atoms with van der Waals surface area (Å²) in [6.45, 7) is 0. The third-order valence-corrected chi connectivity index (χ3v) is 1.19. The Morgan fingerprint density at radius 1 is 1.43 bits per heavy atom. The number of hydrogen-bond acceptors (Lipinski definition) is 1. The largest absolute Gasteiger partial charge is 0.275 e. The second kappa shape index (κ2) is 3.30. The molecule has 4 heteroatoms. The molecule has 0 aliphatic heterocycles. The van der Waals surface area contributed by atoms with Gasteiger partial charge in [0.05, 0.1) is 0 Å². The number of hydrogen-bond donors (Lipinski definition) is 0. The van der Waals surface area contributed by atoms with Gasteiger partial charge in [0.1, 0.15) is 5.03 Å². The zero-order valence-corrected chi connectivity index (χ0v) is 5.39.